The van der Waals surface area contributed by atoms with Crippen LogP contribution in [0.15, 0.2) is 24.3 Å². The molecule has 1 aromatic rings. The molecule has 1 atom stereocenters. The molecular formula is C19H33NO2. The van der Waals surface area contributed by atoms with Crippen LogP contribution in [0, 0.1) is 0 Å². The second kappa shape index (κ2) is 12.5. The monoisotopic (exact) mass is 307 g/mol. The summed E-state index contributed by atoms with van der Waals surface area (Å²) in [5.74, 6) is 0.878. The zero-order valence-corrected chi connectivity index (χ0v) is 14.3. The van der Waals surface area contributed by atoms with Gasteiger partial charge in [0, 0.05) is 0 Å². The van der Waals surface area contributed by atoms with E-state index in [1.807, 2.05) is 19.1 Å². The van der Waals surface area contributed by atoms with Gasteiger partial charge in [-0.25, -0.2) is 0 Å². The number of nitrogens with one attached hydrogen (secondary N) is 1. The van der Waals surface area contributed by atoms with Crippen molar-refractivity contribution in [2.24, 2.45) is 0 Å². The molecule has 126 valence electrons. The van der Waals surface area contributed by atoms with Crippen LogP contribution in [0.5, 0.6) is 5.75 Å². The van der Waals surface area contributed by atoms with Crippen molar-refractivity contribution in [2.75, 3.05) is 19.8 Å². The van der Waals surface area contributed by atoms with Crippen LogP contribution in [0.1, 0.15) is 57.9 Å². The maximum atomic E-state index is 9.21. The number of hydrogen-bond donors (Lipinski definition) is 2. The Kier molecular flexibility index (Phi) is 10.8. The summed E-state index contributed by atoms with van der Waals surface area (Å²) >= 11 is 0. The number of benzene rings is 1. The predicted octanol–water partition coefficient (Wildman–Crippen LogP) is 3.94. The van der Waals surface area contributed by atoms with E-state index < -0.39 is 0 Å². The van der Waals surface area contributed by atoms with Gasteiger partial charge in [0.15, 0.2) is 0 Å². The van der Waals surface area contributed by atoms with Crippen molar-refractivity contribution in [1.29, 1.82) is 0 Å². The van der Waals surface area contributed by atoms with Crippen molar-refractivity contribution in [1.82, 2.24) is 5.32 Å². The second-order valence-electron chi connectivity index (χ2n) is 5.91. The second-order valence-corrected chi connectivity index (χ2v) is 5.91. The maximum Gasteiger partial charge on any atom is 0.119 e. The predicted molar refractivity (Wildman–Crippen MR) is 93.6 cm³/mol. The first-order valence-corrected chi connectivity index (χ1v) is 8.86. The Morgan fingerprint density at radius 1 is 1.00 bits per heavy atom. The van der Waals surface area contributed by atoms with Crippen LogP contribution in [-0.2, 0) is 6.42 Å². The normalized spacial score (nSPS) is 12.3. The molecule has 0 radical (unpaired) electrons. The number of aryl methyl sites for hydroxylation is 1. The van der Waals surface area contributed by atoms with E-state index in [1.165, 1.54) is 44.1 Å². The number of ether oxygens (including phenoxy) is 1. The fourth-order valence-electron chi connectivity index (χ4n) is 2.52. The zero-order chi connectivity index (χ0) is 16.0. The van der Waals surface area contributed by atoms with E-state index in [4.69, 9.17) is 4.74 Å². The Hall–Kier alpha value is -1.06. The number of aliphatic hydroxyl groups excluding tert-OH is 1. The summed E-state index contributed by atoms with van der Waals surface area (Å²) in [5.41, 5.74) is 1.38. The summed E-state index contributed by atoms with van der Waals surface area (Å²) in [4.78, 5) is 0. The lowest BCUT2D eigenvalue weighted by atomic mass is 10.0. The first-order valence-electron chi connectivity index (χ1n) is 8.86. The maximum absolute atomic E-state index is 9.21. The topological polar surface area (TPSA) is 41.5 Å². The lowest BCUT2D eigenvalue weighted by molar-refractivity contribution is 0.184. The van der Waals surface area contributed by atoms with Gasteiger partial charge in [-0.1, -0.05) is 58.1 Å². The first-order chi connectivity index (χ1) is 10.8. The van der Waals surface area contributed by atoms with Crippen LogP contribution in [0.25, 0.3) is 0 Å². The molecule has 0 bridgehead atoms. The lowest BCUT2D eigenvalue weighted by Gasteiger charge is -2.16. The Bertz CT molecular complexity index is 364. The highest BCUT2D eigenvalue weighted by atomic mass is 16.5. The minimum atomic E-state index is 0.00722. The van der Waals surface area contributed by atoms with Crippen molar-refractivity contribution in [2.45, 2.75) is 64.8 Å². The average molecular weight is 307 g/mol. The third-order valence-electron chi connectivity index (χ3n) is 3.91. The van der Waals surface area contributed by atoms with Gasteiger partial charge in [0.1, 0.15) is 12.4 Å². The number of likely N-dealkylation sites (N-methyl/N-ethyl adjacent to an activating group) is 1. The summed E-state index contributed by atoms with van der Waals surface area (Å²) in [7, 11) is 0. The molecule has 1 aromatic carbocycles. The summed E-state index contributed by atoms with van der Waals surface area (Å²) < 4.78 is 5.71. The van der Waals surface area contributed by atoms with Gasteiger partial charge in [0.05, 0.1) is 12.6 Å². The molecule has 22 heavy (non-hydrogen) atoms. The standard InChI is InChI=1S/C19H33NO2/c1-3-5-6-7-8-9-10-17-11-13-19(14-12-17)22-16-18(15-21)20-4-2/h11-14,18,20-21H,3-10,15-16H2,1-2H3/t18-/m1/s1. The fraction of sp³-hybridized carbons (Fsp3) is 0.684. The summed E-state index contributed by atoms with van der Waals surface area (Å²) in [6.45, 7) is 5.72. The van der Waals surface area contributed by atoms with Crippen molar-refractivity contribution in [3.05, 3.63) is 29.8 Å². The molecule has 0 aromatic heterocycles. The Morgan fingerprint density at radius 3 is 2.32 bits per heavy atom. The summed E-state index contributed by atoms with van der Waals surface area (Å²) in [6, 6.07) is 8.39. The smallest absolute Gasteiger partial charge is 0.119 e. The molecule has 0 saturated carbocycles. The molecule has 0 saturated heterocycles. The molecule has 0 amide bonds. The quantitative estimate of drug-likeness (QED) is 0.542. The van der Waals surface area contributed by atoms with E-state index in [9.17, 15) is 5.11 Å². The van der Waals surface area contributed by atoms with Crippen LogP contribution in [0.3, 0.4) is 0 Å². The van der Waals surface area contributed by atoms with E-state index in [-0.39, 0.29) is 12.6 Å². The molecule has 0 fully saturated rings. The molecule has 0 aliphatic rings. The van der Waals surface area contributed by atoms with Crippen LogP contribution in [-0.4, -0.2) is 30.9 Å². The largest absolute Gasteiger partial charge is 0.492 e. The van der Waals surface area contributed by atoms with E-state index in [1.54, 1.807) is 0 Å². The third-order valence-corrected chi connectivity index (χ3v) is 3.91. The van der Waals surface area contributed by atoms with Gasteiger partial charge >= 0.3 is 0 Å². The number of rotatable bonds is 13. The van der Waals surface area contributed by atoms with Gasteiger partial charge in [0.25, 0.3) is 0 Å². The van der Waals surface area contributed by atoms with Crippen molar-refractivity contribution < 1.29 is 9.84 Å². The molecule has 0 heterocycles. The average Bonchev–Trinajstić information content (AvgIpc) is 2.56. The highest BCUT2D eigenvalue weighted by molar-refractivity contribution is 5.27. The Morgan fingerprint density at radius 2 is 1.68 bits per heavy atom. The van der Waals surface area contributed by atoms with Gasteiger partial charge in [-0.2, -0.15) is 0 Å². The van der Waals surface area contributed by atoms with E-state index in [0.29, 0.717) is 6.61 Å². The number of hydrogen-bond acceptors (Lipinski definition) is 3. The highest BCUT2D eigenvalue weighted by Gasteiger charge is 2.06. The molecule has 0 aliphatic carbocycles. The Balaban J connectivity index is 2.22. The molecule has 0 aliphatic heterocycles. The van der Waals surface area contributed by atoms with Crippen LogP contribution in [0.2, 0.25) is 0 Å². The summed E-state index contributed by atoms with van der Waals surface area (Å²) in [6.07, 6.45) is 9.18. The minimum Gasteiger partial charge on any atom is -0.492 e. The Labute approximate surface area is 136 Å². The van der Waals surface area contributed by atoms with Crippen LogP contribution < -0.4 is 10.1 Å². The molecule has 3 nitrogen and oxygen atoms in total. The van der Waals surface area contributed by atoms with Gasteiger partial charge in [-0.05, 0) is 37.1 Å². The summed E-state index contributed by atoms with van der Waals surface area (Å²) in [5, 5.41) is 12.4. The third kappa shape index (κ3) is 8.40. The van der Waals surface area contributed by atoms with Crippen LogP contribution in [0.4, 0.5) is 0 Å². The minimum absolute atomic E-state index is 0.00722. The van der Waals surface area contributed by atoms with Crippen molar-refractivity contribution in [3.63, 3.8) is 0 Å². The zero-order valence-electron chi connectivity index (χ0n) is 14.3. The number of aliphatic hydroxyl groups is 1. The van der Waals surface area contributed by atoms with Gasteiger partial charge in [0.2, 0.25) is 0 Å². The van der Waals surface area contributed by atoms with E-state index in [0.717, 1.165) is 18.7 Å². The highest BCUT2D eigenvalue weighted by Crippen LogP contribution is 2.15. The molecule has 1 rings (SSSR count). The molecule has 3 heteroatoms. The molecular weight excluding hydrogens is 274 g/mol. The van der Waals surface area contributed by atoms with Gasteiger partial charge < -0.3 is 15.2 Å². The SMILES string of the molecule is CCCCCCCCc1ccc(OC[C@@H](CO)NCC)cc1. The van der Waals surface area contributed by atoms with Gasteiger partial charge in [-0.3, -0.25) is 0 Å². The van der Waals surface area contributed by atoms with Crippen molar-refractivity contribution in [3.8, 4) is 5.75 Å². The van der Waals surface area contributed by atoms with Crippen LogP contribution >= 0.6 is 0 Å². The van der Waals surface area contributed by atoms with Gasteiger partial charge in [-0.15, -0.1) is 0 Å². The molecule has 2 N–H and O–H groups in total. The lowest BCUT2D eigenvalue weighted by Crippen LogP contribution is -2.37. The molecule has 0 spiro atoms. The van der Waals surface area contributed by atoms with E-state index in [2.05, 4.69) is 24.4 Å². The first kappa shape index (κ1) is 19.0. The number of unbranched alkanes of at least 4 members (excludes halogenated alkanes) is 5. The van der Waals surface area contributed by atoms with E-state index >= 15 is 0 Å². The van der Waals surface area contributed by atoms with Crippen molar-refractivity contribution >= 4 is 0 Å². The molecule has 0 unspecified atom stereocenters. The fourth-order valence-corrected chi connectivity index (χ4v) is 2.52.